The van der Waals surface area contributed by atoms with E-state index in [0.29, 0.717) is 11.5 Å². The molecule has 0 saturated heterocycles. The molecule has 0 bridgehead atoms. The molecule has 96 valence electrons. The average molecular weight is 271 g/mol. The molecule has 0 N–H and O–H groups in total. The van der Waals surface area contributed by atoms with Crippen LogP contribution in [0.25, 0.3) is 21.1 Å². The predicted molar refractivity (Wildman–Crippen MR) is 77.8 cm³/mol. The molecule has 0 aliphatic rings. The van der Waals surface area contributed by atoms with Crippen LogP contribution in [0.5, 0.6) is 0 Å². The van der Waals surface area contributed by atoms with Crippen molar-refractivity contribution >= 4 is 38.4 Å². The monoisotopic (exact) mass is 271 g/mol. The summed E-state index contributed by atoms with van der Waals surface area (Å²) < 4.78 is 5.02. The van der Waals surface area contributed by atoms with Gasteiger partial charge in [0.25, 0.3) is 0 Å². The van der Waals surface area contributed by atoms with Gasteiger partial charge < -0.3 is 4.74 Å². The van der Waals surface area contributed by atoms with Crippen LogP contribution in [0.1, 0.15) is 22.2 Å². The highest BCUT2D eigenvalue weighted by molar-refractivity contribution is 7.20. The second-order valence-electron chi connectivity index (χ2n) is 4.36. The number of ether oxygens (including phenoxy) is 1. The van der Waals surface area contributed by atoms with E-state index in [4.69, 9.17) is 4.74 Å². The van der Waals surface area contributed by atoms with E-state index in [2.05, 4.69) is 11.1 Å². The number of nitrogens with zero attached hydrogens (tertiary/aromatic N) is 1. The van der Waals surface area contributed by atoms with Crippen molar-refractivity contribution < 1.29 is 9.53 Å². The molecule has 3 aromatic rings. The molecule has 0 unspecified atom stereocenters. The first-order valence-electron chi connectivity index (χ1n) is 6.16. The lowest BCUT2D eigenvalue weighted by Crippen LogP contribution is -2.01. The zero-order valence-electron chi connectivity index (χ0n) is 10.8. The van der Waals surface area contributed by atoms with Crippen LogP contribution in [-0.4, -0.2) is 17.6 Å². The van der Waals surface area contributed by atoms with Crippen LogP contribution >= 0.6 is 11.3 Å². The van der Waals surface area contributed by atoms with Gasteiger partial charge in [-0.15, -0.1) is 11.3 Å². The van der Waals surface area contributed by atoms with Gasteiger partial charge in [-0.05, 0) is 31.5 Å². The molecule has 3 rings (SSSR count). The Hall–Kier alpha value is -1.94. The molecule has 0 spiro atoms. The Morgan fingerprint density at radius 1 is 1.32 bits per heavy atom. The van der Waals surface area contributed by atoms with E-state index in [1.165, 1.54) is 11.3 Å². The van der Waals surface area contributed by atoms with Crippen molar-refractivity contribution in [3.8, 4) is 0 Å². The third kappa shape index (κ3) is 2.08. The number of rotatable bonds is 2. The van der Waals surface area contributed by atoms with Gasteiger partial charge in [-0.2, -0.15) is 0 Å². The quantitative estimate of drug-likeness (QED) is 0.663. The molecule has 4 heteroatoms. The zero-order chi connectivity index (χ0) is 13.4. The second-order valence-corrected chi connectivity index (χ2v) is 5.39. The van der Waals surface area contributed by atoms with Gasteiger partial charge in [0.15, 0.2) is 0 Å². The molecule has 2 aromatic heterocycles. The molecular weight excluding hydrogens is 258 g/mol. The van der Waals surface area contributed by atoms with Gasteiger partial charge in [-0.25, -0.2) is 9.78 Å². The molecule has 1 aromatic carbocycles. The number of esters is 1. The van der Waals surface area contributed by atoms with Crippen molar-refractivity contribution in [1.82, 2.24) is 4.98 Å². The lowest BCUT2D eigenvalue weighted by Gasteiger charge is -2.00. The van der Waals surface area contributed by atoms with Gasteiger partial charge in [0.05, 0.1) is 12.1 Å². The normalized spacial score (nSPS) is 11.1. The molecule has 2 heterocycles. The van der Waals surface area contributed by atoms with E-state index in [-0.39, 0.29) is 5.97 Å². The number of para-hydroxylation sites is 1. The number of carbonyl (C=O) groups excluding carboxylic acids is 1. The summed E-state index contributed by atoms with van der Waals surface area (Å²) >= 11 is 1.38. The number of fused-ring (bicyclic) bond motifs is 2. The van der Waals surface area contributed by atoms with E-state index in [1.54, 1.807) is 6.92 Å². The number of benzene rings is 1. The van der Waals surface area contributed by atoms with E-state index >= 15 is 0 Å². The summed E-state index contributed by atoms with van der Waals surface area (Å²) in [5.41, 5.74) is 2.14. The SMILES string of the molecule is CCOC(=O)c1cc2cc3cccc(C)c3nc2s1. The smallest absolute Gasteiger partial charge is 0.348 e. The minimum atomic E-state index is -0.272. The summed E-state index contributed by atoms with van der Waals surface area (Å²) in [5, 5.41) is 2.09. The molecule has 0 aliphatic carbocycles. The summed E-state index contributed by atoms with van der Waals surface area (Å²) in [6.45, 7) is 4.24. The molecule has 0 atom stereocenters. The van der Waals surface area contributed by atoms with Crippen LogP contribution < -0.4 is 0 Å². The van der Waals surface area contributed by atoms with Crippen LogP contribution in [0, 0.1) is 6.92 Å². The maximum atomic E-state index is 11.7. The van der Waals surface area contributed by atoms with Crippen molar-refractivity contribution in [2.75, 3.05) is 6.61 Å². The summed E-state index contributed by atoms with van der Waals surface area (Å²) in [6.07, 6.45) is 0. The van der Waals surface area contributed by atoms with Gasteiger partial charge in [0.2, 0.25) is 0 Å². The number of hydrogen-bond acceptors (Lipinski definition) is 4. The summed E-state index contributed by atoms with van der Waals surface area (Å²) in [4.78, 5) is 17.9. The predicted octanol–water partition coefficient (Wildman–Crippen LogP) is 3.93. The van der Waals surface area contributed by atoms with Crippen molar-refractivity contribution in [2.24, 2.45) is 0 Å². The van der Waals surface area contributed by atoms with E-state index in [1.807, 2.05) is 31.2 Å². The lowest BCUT2D eigenvalue weighted by atomic mass is 10.1. The standard InChI is InChI=1S/C15H13NO2S/c1-3-18-15(17)12-8-11-7-10-6-4-5-9(2)13(10)16-14(11)19-12/h4-8H,3H2,1-2H3. The first kappa shape index (κ1) is 12.1. The van der Waals surface area contributed by atoms with Gasteiger partial charge in [0.1, 0.15) is 9.71 Å². The Labute approximate surface area is 114 Å². The maximum absolute atomic E-state index is 11.7. The number of thiophene rings is 1. The molecular formula is C15H13NO2S. The minimum absolute atomic E-state index is 0.272. The van der Waals surface area contributed by atoms with Gasteiger partial charge in [0, 0.05) is 10.8 Å². The average Bonchev–Trinajstić information content (AvgIpc) is 2.80. The largest absolute Gasteiger partial charge is 0.462 e. The topological polar surface area (TPSA) is 39.2 Å². The molecule has 3 nitrogen and oxygen atoms in total. The fourth-order valence-electron chi connectivity index (χ4n) is 2.11. The lowest BCUT2D eigenvalue weighted by molar-refractivity contribution is 0.0532. The minimum Gasteiger partial charge on any atom is -0.462 e. The van der Waals surface area contributed by atoms with Crippen molar-refractivity contribution in [1.29, 1.82) is 0 Å². The number of carbonyl (C=O) groups is 1. The van der Waals surface area contributed by atoms with Crippen LogP contribution in [0.3, 0.4) is 0 Å². The number of pyridine rings is 1. The number of aryl methyl sites for hydroxylation is 1. The highest BCUT2D eigenvalue weighted by Crippen LogP contribution is 2.28. The Morgan fingerprint density at radius 2 is 2.16 bits per heavy atom. The Bertz CT molecular complexity index is 776. The van der Waals surface area contributed by atoms with Crippen LogP contribution in [0.2, 0.25) is 0 Å². The first-order valence-corrected chi connectivity index (χ1v) is 6.97. The van der Waals surface area contributed by atoms with E-state index in [0.717, 1.165) is 26.7 Å². The zero-order valence-corrected chi connectivity index (χ0v) is 11.6. The van der Waals surface area contributed by atoms with Crippen molar-refractivity contribution in [3.05, 3.63) is 40.8 Å². The Kier molecular flexibility index (Phi) is 2.95. The highest BCUT2D eigenvalue weighted by Gasteiger charge is 2.12. The van der Waals surface area contributed by atoms with Crippen molar-refractivity contribution in [2.45, 2.75) is 13.8 Å². The molecule has 0 radical (unpaired) electrons. The summed E-state index contributed by atoms with van der Waals surface area (Å²) in [7, 11) is 0. The number of hydrogen-bond donors (Lipinski definition) is 0. The third-order valence-electron chi connectivity index (χ3n) is 3.01. The van der Waals surface area contributed by atoms with Crippen LogP contribution in [0.4, 0.5) is 0 Å². The fourth-order valence-corrected chi connectivity index (χ4v) is 3.02. The first-order chi connectivity index (χ1) is 9.19. The van der Waals surface area contributed by atoms with E-state index in [9.17, 15) is 4.79 Å². The number of aromatic nitrogens is 1. The van der Waals surface area contributed by atoms with Crippen LogP contribution in [-0.2, 0) is 4.74 Å². The Balaban J connectivity index is 2.20. The summed E-state index contributed by atoms with van der Waals surface area (Å²) in [5.74, 6) is -0.272. The van der Waals surface area contributed by atoms with Gasteiger partial charge >= 0.3 is 5.97 Å². The van der Waals surface area contributed by atoms with Crippen LogP contribution in [0.15, 0.2) is 30.3 Å². The molecule has 19 heavy (non-hydrogen) atoms. The molecule has 0 saturated carbocycles. The molecule has 0 aliphatic heterocycles. The summed E-state index contributed by atoms with van der Waals surface area (Å²) in [6, 6.07) is 10.0. The van der Waals surface area contributed by atoms with Gasteiger partial charge in [-0.3, -0.25) is 0 Å². The molecule has 0 amide bonds. The fraction of sp³-hybridized carbons (Fsp3) is 0.200. The highest BCUT2D eigenvalue weighted by atomic mass is 32.1. The van der Waals surface area contributed by atoms with Crippen molar-refractivity contribution in [3.63, 3.8) is 0 Å². The molecule has 0 fully saturated rings. The third-order valence-corrected chi connectivity index (χ3v) is 4.03. The second kappa shape index (κ2) is 4.63. The van der Waals surface area contributed by atoms with E-state index < -0.39 is 0 Å². The maximum Gasteiger partial charge on any atom is 0.348 e. The van der Waals surface area contributed by atoms with Gasteiger partial charge in [-0.1, -0.05) is 18.2 Å². The Morgan fingerprint density at radius 3 is 2.95 bits per heavy atom.